The maximum absolute atomic E-state index is 13.3. The molecule has 2 heterocycles. The Hall–Kier alpha value is -2.91. The van der Waals surface area contributed by atoms with Gasteiger partial charge in [-0.15, -0.1) is 0 Å². The molecule has 2 atom stereocenters. The number of carbonyl (C=O) groups is 1. The van der Waals surface area contributed by atoms with Crippen LogP contribution >= 0.6 is 0 Å². The maximum atomic E-state index is 13.3. The average Bonchev–Trinajstić information content (AvgIpc) is 3.29. The van der Waals surface area contributed by atoms with Gasteiger partial charge < -0.3 is 9.84 Å². The molecule has 0 radical (unpaired) electrons. The lowest BCUT2D eigenvalue weighted by atomic mass is 10.1. The summed E-state index contributed by atoms with van der Waals surface area (Å²) in [6.07, 6.45) is -0.178. The van der Waals surface area contributed by atoms with E-state index in [2.05, 4.69) is 5.10 Å². The lowest BCUT2D eigenvalue weighted by molar-refractivity contribution is -0.136. The molecule has 1 N–H and O–H groups in total. The Morgan fingerprint density at radius 1 is 1.19 bits per heavy atom. The number of aromatic nitrogens is 2. The molecule has 0 saturated carbocycles. The minimum absolute atomic E-state index is 0.00885. The molecule has 2 aromatic carbocycles. The van der Waals surface area contributed by atoms with Crippen molar-refractivity contribution in [3.63, 3.8) is 0 Å². The number of hydrogen-bond donors (Lipinski definition) is 1. The van der Waals surface area contributed by atoms with Gasteiger partial charge in [0.05, 0.1) is 35.2 Å². The van der Waals surface area contributed by atoms with Crippen LogP contribution in [0, 0.1) is 12.8 Å². The van der Waals surface area contributed by atoms with Crippen LogP contribution in [0.1, 0.15) is 31.1 Å². The van der Waals surface area contributed by atoms with E-state index < -0.39 is 16.0 Å². The standard InChI is InChI=1S/C23H27N3O5S/c1-4-31-17-6-8-18(9-7-17)32(29,30)25-13-16(3)22(14-25)26-21-10-5-15(2)11-19(21)20(24-26)12-23(27)28/h5-11,16,22H,4,12-14H2,1-3H3,(H,27,28)/t16-,22+/m1/s1. The molecule has 1 saturated heterocycles. The Morgan fingerprint density at radius 2 is 1.91 bits per heavy atom. The van der Waals surface area contributed by atoms with Crippen molar-refractivity contribution in [2.45, 2.75) is 38.1 Å². The first-order valence-electron chi connectivity index (χ1n) is 10.6. The van der Waals surface area contributed by atoms with Crippen LogP contribution in [-0.2, 0) is 21.2 Å². The van der Waals surface area contributed by atoms with Crippen LogP contribution in [-0.4, -0.2) is 53.3 Å². The van der Waals surface area contributed by atoms with Gasteiger partial charge in [-0.05, 0) is 56.2 Å². The third-order valence-corrected chi connectivity index (χ3v) is 7.73. The van der Waals surface area contributed by atoms with Crippen molar-refractivity contribution in [2.24, 2.45) is 5.92 Å². The fourth-order valence-electron chi connectivity index (χ4n) is 4.29. The predicted molar refractivity (Wildman–Crippen MR) is 120 cm³/mol. The molecule has 32 heavy (non-hydrogen) atoms. The van der Waals surface area contributed by atoms with Gasteiger partial charge in [-0.3, -0.25) is 9.48 Å². The van der Waals surface area contributed by atoms with Gasteiger partial charge in [0.25, 0.3) is 0 Å². The number of rotatable bonds is 7. The monoisotopic (exact) mass is 457 g/mol. The maximum Gasteiger partial charge on any atom is 0.309 e. The van der Waals surface area contributed by atoms with Crippen LogP contribution in [0.5, 0.6) is 5.75 Å². The van der Waals surface area contributed by atoms with Crippen molar-refractivity contribution in [3.8, 4) is 5.75 Å². The number of benzene rings is 2. The minimum Gasteiger partial charge on any atom is -0.494 e. The van der Waals surface area contributed by atoms with Gasteiger partial charge in [0, 0.05) is 18.5 Å². The number of sulfonamides is 1. The summed E-state index contributed by atoms with van der Waals surface area (Å²) >= 11 is 0. The molecule has 1 aliphatic heterocycles. The Morgan fingerprint density at radius 3 is 2.56 bits per heavy atom. The normalized spacial score (nSPS) is 19.5. The SMILES string of the molecule is CCOc1ccc(S(=O)(=O)N2C[C@@H](C)[C@@H](n3nc(CC(=O)O)c4cc(C)ccc43)C2)cc1. The number of carboxylic acids is 1. The van der Waals surface area contributed by atoms with Crippen LogP contribution in [0.15, 0.2) is 47.4 Å². The number of aliphatic carboxylic acids is 1. The molecule has 1 aromatic heterocycles. The summed E-state index contributed by atoms with van der Waals surface area (Å²) in [5, 5.41) is 14.7. The zero-order valence-electron chi connectivity index (χ0n) is 18.4. The number of fused-ring (bicyclic) bond motifs is 1. The van der Waals surface area contributed by atoms with Gasteiger partial charge >= 0.3 is 5.97 Å². The quantitative estimate of drug-likeness (QED) is 0.584. The number of carboxylic acid groups (broad SMARTS) is 1. The van der Waals surface area contributed by atoms with Gasteiger partial charge in [0.1, 0.15) is 5.75 Å². The van der Waals surface area contributed by atoms with Crippen LogP contribution in [0.3, 0.4) is 0 Å². The molecule has 0 amide bonds. The highest BCUT2D eigenvalue weighted by Gasteiger charge is 2.39. The lowest BCUT2D eigenvalue weighted by Crippen LogP contribution is -2.29. The highest BCUT2D eigenvalue weighted by molar-refractivity contribution is 7.89. The largest absolute Gasteiger partial charge is 0.494 e. The second-order valence-corrected chi connectivity index (χ2v) is 10.2. The zero-order chi connectivity index (χ0) is 23.0. The van der Waals surface area contributed by atoms with E-state index in [1.165, 1.54) is 4.31 Å². The summed E-state index contributed by atoms with van der Waals surface area (Å²) in [5.74, 6) is -0.310. The molecule has 0 unspecified atom stereocenters. The molecule has 0 spiro atoms. The second-order valence-electron chi connectivity index (χ2n) is 8.25. The summed E-state index contributed by atoms with van der Waals surface area (Å²) in [6, 6.07) is 12.1. The highest BCUT2D eigenvalue weighted by Crippen LogP contribution is 2.35. The number of nitrogens with zero attached hydrogens (tertiary/aromatic N) is 3. The summed E-state index contributed by atoms with van der Waals surface area (Å²) in [4.78, 5) is 11.6. The molecule has 1 fully saturated rings. The minimum atomic E-state index is -3.67. The summed E-state index contributed by atoms with van der Waals surface area (Å²) in [6.45, 7) is 6.97. The molecule has 4 rings (SSSR count). The van der Waals surface area contributed by atoms with Crippen LogP contribution in [0.4, 0.5) is 0 Å². The Kier molecular flexibility index (Phi) is 5.96. The van der Waals surface area contributed by atoms with Crippen LogP contribution < -0.4 is 4.74 Å². The molecule has 9 heteroatoms. The van der Waals surface area contributed by atoms with E-state index in [-0.39, 0.29) is 29.8 Å². The van der Waals surface area contributed by atoms with E-state index in [4.69, 9.17) is 4.74 Å². The van der Waals surface area contributed by atoms with E-state index >= 15 is 0 Å². The summed E-state index contributed by atoms with van der Waals surface area (Å²) < 4.78 is 35.2. The molecule has 3 aromatic rings. The Balaban J connectivity index is 1.66. The van der Waals surface area contributed by atoms with E-state index in [9.17, 15) is 18.3 Å². The molecule has 1 aliphatic rings. The molecule has 170 valence electrons. The molecule has 0 bridgehead atoms. The first kappa shape index (κ1) is 22.3. The molecule has 8 nitrogen and oxygen atoms in total. The summed E-state index contributed by atoms with van der Waals surface area (Å²) in [7, 11) is -3.67. The fraction of sp³-hybridized carbons (Fsp3) is 0.391. The van der Waals surface area contributed by atoms with Gasteiger partial charge in [-0.1, -0.05) is 18.6 Å². The molecular weight excluding hydrogens is 430 g/mol. The van der Waals surface area contributed by atoms with E-state index in [1.807, 2.05) is 43.7 Å². The lowest BCUT2D eigenvalue weighted by Gasteiger charge is -2.18. The van der Waals surface area contributed by atoms with Crippen molar-refractivity contribution in [3.05, 3.63) is 53.7 Å². The first-order valence-corrected chi connectivity index (χ1v) is 12.1. The van der Waals surface area contributed by atoms with E-state index in [0.29, 0.717) is 24.6 Å². The van der Waals surface area contributed by atoms with E-state index in [0.717, 1.165) is 16.5 Å². The third-order valence-electron chi connectivity index (χ3n) is 5.88. The predicted octanol–water partition coefficient (Wildman–Crippen LogP) is 3.25. The fourth-order valence-corrected chi connectivity index (χ4v) is 5.85. The second kappa shape index (κ2) is 8.55. The number of ether oxygens (including phenoxy) is 1. The van der Waals surface area contributed by atoms with Gasteiger partial charge in [0.2, 0.25) is 10.0 Å². The van der Waals surface area contributed by atoms with Crippen molar-refractivity contribution >= 4 is 26.9 Å². The first-order chi connectivity index (χ1) is 15.2. The number of hydrogen-bond acceptors (Lipinski definition) is 5. The summed E-state index contributed by atoms with van der Waals surface area (Å²) in [5.41, 5.74) is 2.34. The third kappa shape index (κ3) is 4.10. The van der Waals surface area contributed by atoms with Crippen LogP contribution in [0.25, 0.3) is 10.9 Å². The molecule has 0 aliphatic carbocycles. The topological polar surface area (TPSA) is 102 Å². The number of aryl methyl sites for hydroxylation is 1. The van der Waals surface area contributed by atoms with Crippen molar-refractivity contribution in [1.82, 2.24) is 14.1 Å². The molecular formula is C23H27N3O5S. The van der Waals surface area contributed by atoms with Gasteiger partial charge in [-0.25, -0.2) is 8.42 Å². The van der Waals surface area contributed by atoms with Crippen molar-refractivity contribution in [2.75, 3.05) is 19.7 Å². The van der Waals surface area contributed by atoms with Crippen molar-refractivity contribution < 1.29 is 23.1 Å². The van der Waals surface area contributed by atoms with Crippen molar-refractivity contribution in [1.29, 1.82) is 0 Å². The van der Waals surface area contributed by atoms with Gasteiger partial charge in [-0.2, -0.15) is 9.40 Å². The highest BCUT2D eigenvalue weighted by atomic mass is 32.2. The van der Waals surface area contributed by atoms with E-state index in [1.54, 1.807) is 24.3 Å². The smallest absolute Gasteiger partial charge is 0.309 e. The Bertz CT molecular complexity index is 1250. The zero-order valence-corrected chi connectivity index (χ0v) is 19.2. The Labute approximate surface area is 187 Å². The van der Waals surface area contributed by atoms with Crippen LogP contribution in [0.2, 0.25) is 0 Å². The van der Waals surface area contributed by atoms with Gasteiger partial charge in [0.15, 0.2) is 0 Å². The average molecular weight is 458 g/mol.